The SMILES string of the molecule is C/C=C/c1ccc(OCC(=O)Nc2ccc(S(=O)(=O)NC(C)COC)cc2)c(OC)c1. The molecule has 0 aliphatic carbocycles. The molecule has 31 heavy (non-hydrogen) atoms. The molecule has 2 rings (SSSR count). The van der Waals surface area contributed by atoms with Gasteiger partial charge in [0.2, 0.25) is 10.0 Å². The van der Waals surface area contributed by atoms with E-state index in [1.54, 1.807) is 13.0 Å². The second-order valence-electron chi connectivity index (χ2n) is 6.75. The summed E-state index contributed by atoms with van der Waals surface area (Å²) in [6.07, 6.45) is 3.84. The minimum atomic E-state index is -3.67. The van der Waals surface area contributed by atoms with E-state index in [9.17, 15) is 13.2 Å². The highest BCUT2D eigenvalue weighted by Gasteiger charge is 2.17. The summed E-state index contributed by atoms with van der Waals surface area (Å²) in [6.45, 7) is 3.66. The van der Waals surface area contributed by atoms with Crippen LogP contribution in [0.3, 0.4) is 0 Å². The third kappa shape index (κ3) is 7.39. The summed E-state index contributed by atoms with van der Waals surface area (Å²) in [5.41, 5.74) is 1.41. The fraction of sp³-hybridized carbons (Fsp3) is 0.318. The van der Waals surface area contributed by atoms with Crippen molar-refractivity contribution in [1.29, 1.82) is 0 Å². The molecule has 0 aliphatic rings. The Balaban J connectivity index is 1.96. The van der Waals surface area contributed by atoms with E-state index in [2.05, 4.69) is 10.0 Å². The van der Waals surface area contributed by atoms with Gasteiger partial charge >= 0.3 is 0 Å². The lowest BCUT2D eigenvalue weighted by molar-refractivity contribution is -0.118. The summed E-state index contributed by atoms with van der Waals surface area (Å²) in [6, 6.07) is 10.9. The number of ether oxygens (including phenoxy) is 3. The Morgan fingerprint density at radius 3 is 2.42 bits per heavy atom. The van der Waals surface area contributed by atoms with Gasteiger partial charge in [0.1, 0.15) is 0 Å². The lowest BCUT2D eigenvalue weighted by atomic mass is 10.2. The number of benzene rings is 2. The van der Waals surface area contributed by atoms with Crippen LogP contribution in [0.4, 0.5) is 5.69 Å². The van der Waals surface area contributed by atoms with Crippen molar-refractivity contribution in [2.75, 3.05) is 32.8 Å². The van der Waals surface area contributed by atoms with E-state index in [-0.39, 0.29) is 30.1 Å². The summed E-state index contributed by atoms with van der Waals surface area (Å²) in [5.74, 6) is 0.582. The number of rotatable bonds is 11. The molecule has 0 spiro atoms. The second-order valence-corrected chi connectivity index (χ2v) is 8.46. The number of nitrogens with one attached hydrogen (secondary N) is 2. The molecular weight excluding hydrogens is 420 g/mol. The number of allylic oxidation sites excluding steroid dienone is 1. The first kappa shape index (κ1) is 24.4. The fourth-order valence-electron chi connectivity index (χ4n) is 2.77. The number of sulfonamides is 1. The van der Waals surface area contributed by atoms with Crippen LogP contribution in [0.1, 0.15) is 19.4 Å². The van der Waals surface area contributed by atoms with E-state index in [1.807, 2.05) is 31.2 Å². The molecule has 0 radical (unpaired) electrons. The zero-order valence-corrected chi connectivity index (χ0v) is 18.9. The van der Waals surface area contributed by atoms with Crippen molar-refractivity contribution in [1.82, 2.24) is 4.72 Å². The van der Waals surface area contributed by atoms with Gasteiger partial charge in [-0.2, -0.15) is 0 Å². The molecule has 0 saturated carbocycles. The van der Waals surface area contributed by atoms with Gasteiger partial charge in [-0.05, 0) is 55.8 Å². The van der Waals surface area contributed by atoms with Crippen LogP contribution in [0.15, 0.2) is 53.4 Å². The molecule has 9 heteroatoms. The molecule has 2 N–H and O–H groups in total. The molecule has 8 nitrogen and oxygen atoms in total. The normalized spacial score (nSPS) is 12.5. The molecule has 1 unspecified atom stereocenters. The molecule has 0 aliphatic heterocycles. The molecule has 0 fully saturated rings. The van der Waals surface area contributed by atoms with Gasteiger partial charge in [0.05, 0.1) is 18.6 Å². The van der Waals surface area contributed by atoms with E-state index in [1.165, 1.54) is 38.5 Å². The number of hydrogen-bond donors (Lipinski definition) is 2. The summed E-state index contributed by atoms with van der Waals surface area (Å²) in [5, 5.41) is 2.67. The Morgan fingerprint density at radius 1 is 1.10 bits per heavy atom. The maximum atomic E-state index is 12.3. The number of anilines is 1. The number of carbonyl (C=O) groups excluding carboxylic acids is 1. The van der Waals surface area contributed by atoms with Crippen LogP contribution in [0.5, 0.6) is 11.5 Å². The Morgan fingerprint density at radius 2 is 1.81 bits per heavy atom. The highest BCUT2D eigenvalue weighted by Crippen LogP contribution is 2.28. The zero-order valence-electron chi connectivity index (χ0n) is 18.0. The zero-order chi connectivity index (χ0) is 22.9. The van der Waals surface area contributed by atoms with Gasteiger partial charge in [0.15, 0.2) is 18.1 Å². The standard InChI is InChI=1S/C22H28N2O6S/c1-5-6-17-7-12-20(21(13-17)29-4)30-15-22(25)23-18-8-10-19(11-9-18)31(26,27)24-16(2)14-28-3/h5-13,16,24H,14-15H2,1-4H3,(H,23,25)/b6-5+. The van der Waals surface area contributed by atoms with Gasteiger partial charge in [-0.15, -0.1) is 0 Å². The molecule has 0 saturated heterocycles. The first-order valence-corrected chi connectivity index (χ1v) is 11.1. The highest BCUT2D eigenvalue weighted by atomic mass is 32.2. The first-order valence-electron chi connectivity index (χ1n) is 9.63. The summed E-state index contributed by atoms with van der Waals surface area (Å²) in [7, 11) is -0.644. The lowest BCUT2D eigenvalue weighted by Gasteiger charge is -2.14. The Kier molecular flexibility index (Phi) is 9.04. The minimum absolute atomic E-state index is 0.0932. The number of amides is 1. The Labute approximate surface area is 183 Å². The first-order chi connectivity index (χ1) is 14.8. The van der Waals surface area contributed by atoms with Gasteiger partial charge in [-0.25, -0.2) is 13.1 Å². The Bertz CT molecular complexity index is 1000. The maximum absolute atomic E-state index is 12.3. The maximum Gasteiger partial charge on any atom is 0.262 e. The van der Waals surface area contributed by atoms with Crippen molar-refractivity contribution < 1.29 is 27.4 Å². The number of carbonyl (C=O) groups is 1. The average Bonchev–Trinajstić information content (AvgIpc) is 2.73. The van der Waals surface area contributed by atoms with E-state index in [0.29, 0.717) is 17.2 Å². The largest absolute Gasteiger partial charge is 0.493 e. The van der Waals surface area contributed by atoms with Gasteiger partial charge in [0.25, 0.3) is 5.91 Å². The van der Waals surface area contributed by atoms with Crippen molar-refractivity contribution in [3.05, 3.63) is 54.1 Å². The molecule has 1 amide bonds. The molecule has 0 bridgehead atoms. The van der Waals surface area contributed by atoms with Crippen molar-refractivity contribution in [2.24, 2.45) is 0 Å². The summed E-state index contributed by atoms with van der Waals surface area (Å²) < 4.78 is 43.0. The average molecular weight is 449 g/mol. The molecule has 1 atom stereocenters. The van der Waals surface area contributed by atoms with Gasteiger partial charge in [0, 0.05) is 18.8 Å². The van der Waals surface area contributed by atoms with E-state index >= 15 is 0 Å². The topological polar surface area (TPSA) is 103 Å². The molecule has 2 aromatic carbocycles. The monoisotopic (exact) mass is 448 g/mol. The predicted molar refractivity (Wildman–Crippen MR) is 120 cm³/mol. The molecule has 0 heterocycles. The van der Waals surface area contributed by atoms with Crippen molar-refractivity contribution in [3.8, 4) is 11.5 Å². The van der Waals surface area contributed by atoms with Crippen LogP contribution in [0.25, 0.3) is 6.08 Å². The quantitative estimate of drug-likeness (QED) is 0.548. The Hall–Kier alpha value is -2.88. The number of hydrogen-bond acceptors (Lipinski definition) is 6. The van der Waals surface area contributed by atoms with Crippen LogP contribution in [-0.2, 0) is 19.6 Å². The smallest absolute Gasteiger partial charge is 0.262 e. The highest BCUT2D eigenvalue weighted by molar-refractivity contribution is 7.89. The van der Waals surface area contributed by atoms with E-state index in [4.69, 9.17) is 14.2 Å². The molecular formula is C22H28N2O6S. The van der Waals surface area contributed by atoms with Gasteiger partial charge < -0.3 is 19.5 Å². The third-order valence-corrected chi connectivity index (χ3v) is 5.73. The van der Waals surface area contributed by atoms with Crippen molar-refractivity contribution >= 4 is 27.7 Å². The van der Waals surface area contributed by atoms with Crippen molar-refractivity contribution in [2.45, 2.75) is 24.8 Å². The second kappa shape index (κ2) is 11.5. The van der Waals surface area contributed by atoms with Gasteiger partial charge in [-0.3, -0.25) is 4.79 Å². The minimum Gasteiger partial charge on any atom is -0.493 e. The summed E-state index contributed by atoms with van der Waals surface area (Å²) >= 11 is 0. The van der Waals surface area contributed by atoms with Crippen LogP contribution in [-0.4, -0.2) is 47.8 Å². The molecule has 0 aromatic heterocycles. The van der Waals surface area contributed by atoms with Crippen LogP contribution in [0.2, 0.25) is 0 Å². The van der Waals surface area contributed by atoms with Crippen LogP contribution < -0.4 is 19.5 Å². The van der Waals surface area contributed by atoms with Crippen LogP contribution >= 0.6 is 0 Å². The third-order valence-electron chi connectivity index (χ3n) is 4.13. The fourth-order valence-corrected chi connectivity index (χ4v) is 4.00. The molecule has 2 aromatic rings. The van der Waals surface area contributed by atoms with E-state index in [0.717, 1.165) is 5.56 Å². The predicted octanol–water partition coefficient (Wildman–Crippen LogP) is 3.06. The lowest BCUT2D eigenvalue weighted by Crippen LogP contribution is -2.35. The van der Waals surface area contributed by atoms with Crippen LogP contribution in [0, 0.1) is 0 Å². The van der Waals surface area contributed by atoms with E-state index < -0.39 is 10.0 Å². The molecule has 168 valence electrons. The van der Waals surface area contributed by atoms with Crippen molar-refractivity contribution in [3.63, 3.8) is 0 Å². The number of methoxy groups -OCH3 is 2. The van der Waals surface area contributed by atoms with Gasteiger partial charge in [-0.1, -0.05) is 18.2 Å². The summed E-state index contributed by atoms with van der Waals surface area (Å²) in [4.78, 5) is 12.3.